The number of nitrogens with zero attached hydrogens (tertiary/aromatic N) is 1. The van der Waals surface area contributed by atoms with Crippen molar-refractivity contribution < 1.29 is 14.4 Å². The summed E-state index contributed by atoms with van der Waals surface area (Å²) in [6.07, 6.45) is 2.08. The number of carbonyl (C=O) groups excluding carboxylic acids is 3. The van der Waals surface area contributed by atoms with Crippen LogP contribution in [0.5, 0.6) is 0 Å². The summed E-state index contributed by atoms with van der Waals surface area (Å²) < 4.78 is 0. The summed E-state index contributed by atoms with van der Waals surface area (Å²) in [5, 5.41) is 8.25. The zero-order valence-electron chi connectivity index (χ0n) is 15.5. The molecule has 0 unspecified atom stereocenters. The first-order valence-electron chi connectivity index (χ1n) is 8.85. The van der Waals surface area contributed by atoms with Crippen molar-refractivity contribution in [2.45, 2.75) is 20.3 Å². The van der Waals surface area contributed by atoms with Gasteiger partial charge in [0.15, 0.2) is 0 Å². The van der Waals surface area contributed by atoms with E-state index < -0.39 is 0 Å². The molecule has 1 aromatic heterocycles. The molecule has 7 nitrogen and oxygen atoms in total. The van der Waals surface area contributed by atoms with E-state index in [0.29, 0.717) is 36.5 Å². The molecule has 0 aliphatic rings. The minimum absolute atomic E-state index is 0.137. The third-order valence-corrected chi connectivity index (χ3v) is 3.76. The summed E-state index contributed by atoms with van der Waals surface area (Å²) in [5.74, 6) is -0.380. The van der Waals surface area contributed by atoms with Crippen molar-refractivity contribution >= 4 is 23.5 Å². The van der Waals surface area contributed by atoms with Gasteiger partial charge in [0.25, 0.3) is 11.8 Å². The summed E-state index contributed by atoms with van der Waals surface area (Å²) in [6, 6.07) is 12.1. The van der Waals surface area contributed by atoms with Crippen LogP contribution in [-0.4, -0.2) is 35.8 Å². The van der Waals surface area contributed by atoms with Crippen molar-refractivity contribution in [3.8, 4) is 0 Å². The lowest BCUT2D eigenvalue weighted by Crippen LogP contribution is -2.30. The third kappa shape index (κ3) is 6.54. The van der Waals surface area contributed by atoms with Crippen LogP contribution in [0.4, 0.5) is 5.82 Å². The summed E-state index contributed by atoms with van der Waals surface area (Å²) in [4.78, 5) is 39.8. The molecule has 2 aromatic rings. The van der Waals surface area contributed by atoms with Gasteiger partial charge in [0.1, 0.15) is 5.82 Å². The predicted molar refractivity (Wildman–Crippen MR) is 103 cm³/mol. The first kappa shape index (κ1) is 20.1. The molecule has 0 fully saturated rings. The molecule has 0 saturated heterocycles. The average molecular weight is 368 g/mol. The number of hydrogen-bond acceptors (Lipinski definition) is 4. The van der Waals surface area contributed by atoms with Crippen LogP contribution < -0.4 is 16.0 Å². The molecule has 27 heavy (non-hydrogen) atoms. The molecule has 7 heteroatoms. The summed E-state index contributed by atoms with van der Waals surface area (Å²) in [5.41, 5.74) is 1.02. The standard InChI is InChI=1S/C20H24N4O3/c1-14(2)18(25)24-17-13-16(9-12-21-17)20(27)23-11-6-10-22-19(26)15-7-4-3-5-8-15/h3-5,7-9,12-14H,6,10-11H2,1-2H3,(H,22,26)(H,23,27)(H,21,24,25). The van der Waals surface area contributed by atoms with Gasteiger partial charge in [-0.2, -0.15) is 0 Å². The van der Waals surface area contributed by atoms with Crippen LogP contribution >= 0.6 is 0 Å². The van der Waals surface area contributed by atoms with Gasteiger partial charge in [0.05, 0.1) is 0 Å². The van der Waals surface area contributed by atoms with Crippen LogP contribution in [0.3, 0.4) is 0 Å². The maximum atomic E-state index is 12.2. The third-order valence-electron chi connectivity index (χ3n) is 3.76. The SMILES string of the molecule is CC(C)C(=O)Nc1cc(C(=O)NCCCNC(=O)c2ccccc2)ccn1. The number of pyridine rings is 1. The molecule has 0 atom stereocenters. The highest BCUT2D eigenvalue weighted by atomic mass is 16.2. The fourth-order valence-electron chi connectivity index (χ4n) is 2.20. The van der Waals surface area contributed by atoms with Crippen LogP contribution in [0.25, 0.3) is 0 Å². The van der Waals surface area contributed by atoms with Crippen molar-refractivity contribution in [2.75, 3.05) is 18.4 Å². The fraction of sp³-hybridized carbons (Fsp3) is 0.300. The second kappa shape index (κ2) is 10.1. The Labute approximate surface area is 158 Å². The maximum Gasteiger partial charge on any atom is 0.251 e. The molecule has 142 valence electrons. The Morgan fingerprint density at radius 1 is 0.926 bits per heavy atom. The van der Waals surface area contributed by atoms with Crippen molar-refractivity contribution in [2.24, 2.45) is 5.92 Å². The Bertz CT molecular complexity index is 791. The van der Waals surface area contributed by atoms with Crippen LogP contribution in [0.1, 0.15) is 41.0 Å². The molecule has 0 radical (unpaired) electrons. The molecular formula is C20H24N4O3. The molecule has 0 aliphatic carbocycles. The van der Waals surface area contributed by atoms with E-state index in [1.165, 1.54) is 12.3 Å². The van der Waals surface area contributed by atoms with Gasteiger partial charge in [-0.25, -0.2) is 4.98 Å². The van der Waals surface area contributed by atoms with Gasteiger partial charge in [0.2, 0.25) is 5.91 Å². The predicted octanol–water partition coefficient (Wildman–Crippen LogP) is 2.23. The van der Waals surface area contributed by atoms with E-state index >= 15 is 0 Å². The number of nitrogens with one attached hydrogen (secondary N) is 3. The Balaban J connectivity index is 1.74. The van der Waals surface area contributed by atoms with E-state index in [4.69, 9.17) is 0 Å². The Morgan fingerprint density at radius 3 is 2.19 bits per heavy atom. The molecule has 0 saturated carbocycles. The lowest BCUT2D eigenvalue weighted by atomic mass is 10.2. The lowest BCUT2D eigenvalue weighted by molar-refractivity contribution is -0.118. The number of anilines is 1. The fourth-order valence-corrected chi connectivity index (χ4v) is 2.20. The highest BCUT2D eigenvalue weighted by Gasteiger charge is 2.11. The lowest BCUT2D eigenvalue weighted by Gasteiger charge is -2.09. The topological polar surface area (TPSA) is 100 Å². The van der Waals surface area contributed by atoms with Gasteiger partial charge >= 0.3 is 0 Å². The highest BCUT2D eigenvalue weighted by Crippen LogP contribution is 2.08. The molecule has 0 bridgehead atoms. The van der Waals surface area contributed by atoms with E-state index in [2.05, 4.69) is 20.9 Å². The molecule has 0 spiro atoms. The number of amides is 3. The molecule has 1 heterocycles. The maximum absolute atomic E-state index is 12.2. The quantitative estimate of drug-likeness (QED) is 0.622. The van der Waals surface area contributed by atoms with Gasteiger partial charge < -0.3 is 16.0 Å². The first-order valence-corrected chi connectivity index (χ1v) is 8.85. The van der Waals surface area contributed by atoms with Gasteiger partial charge in [-0.1, -0.05) is 32.0 Å². The number of carbonyl (C=O) groups is 3. The number of benzene rings is 1. The van der Waals surface area contributed by atoms with E-state index in [1.54, 1.807) is 32.0 Å². The number of aromatic nitrogens is 1. The Morgan fingerprint density at radius 2 is 1.56 bits per heavy atom. The first-order chi connectivity index (χ1) is 13.0. The number of rotatable bonds is 8. The smallest absolute Gasteiger partial charge is 0.251 e. The van der Waals surface area contributed by atoms with Crippen molar-refractivity contribution in [1.82, 2.24) is 15.6 Å². The molecule has 1 aromatic carbocycles. The minimum atomic E-state index is -0.258. The molecule has 0 aliphatic heterocycles. The highest BCUT2D eigenvalue weighted by molar-refractivity contribution is 5.96. The van der Waals surface area contributed by atoms with Gasteiger partial charge in [-0.05, 0) is 30.7 Å². The molecular weight excluding hydrogens is 344 g/mol. The molecule has 3 amide bonds. The van der Waals surface area contributed by atoms with E-state index in [1.807, 2.05) is 18.2 Å². The molecule has 2 rings (SSSR count). The monoisotopic (exact) mass is 368 g/mol. The van der Waals surface area contributed by atoms with Crippen molar-refractivity contribution in [3.05, 3.63) is 59.8 Å². The second-order valence-electron chi connectivity index (χ2n) is 6.31. The minimum Gasteiger partial charge on any atom is -0.352 e. The van der Waals surface area contributed by atoms with Crippen LogP contribution in [-0.2, 0) is 4.79 Å². The Kier molecular flexibility index (Phi) is 7.49. The summed E-state index contributed by atoms with van der Waals surface area (Å²) in [6.45, 7) is 4.44. The number of hydrogen-bond donors (Lipinski definition) is 3. The van der Waals surface area contributed by atoms with E-state index in [-0.39, 0.29) is 23.6 Å². The summed E-state index contributed by atoms with van der Waals surface area (Å²) in [7, 11) is 0. The summed E-state index contributed by atoms with van der Waals surface area (Å²) >= 11 is 0. The van der Waals surface area contributed by atoms with Crippen molar-refractivity contribution in [1.29, 1.82) is 0 Å². The van der Waals surface area contributed by atoms with Crippen LogP contribution in [0.15, 0.2) is 48.7 Å². The average Bonchev–Trinajstić information content (AvgIpc) is 2.68. The van der Waals surface area contributed by atoms with Crippen LogP contribution in [0, 0.1) is 5.92 Å². The van der Waals surface area contributed by atoms with Gasteiger partial charge in [-0.3, -0.25) is 14.4 Å². The van der Waals surface area contributed by atoms with Gasteiger partial charge in [-0.15, -0.1) is 0 Å². The zero-order chi connectivity index (χ0) is 19.6. The van der Waals surface area contributed by atoms with Gasteiger partial charge in [0, 0.05) is 36.3 Å². The second-order valence-corrected chi connectivity index (χ2v) is 6.31. The molecule has 3 N–H and O–H groups in total. The van der Waals surface area contributed by atoms with E-state index in [0.717, 1.165) is 0 Å². The van der Waals surface area contributed by atoms with Crippen molar-refractivity contribution in [3.63, 3.8) is 0 Å². The van der Waals surface area contributed by atoms with Crippen LogP contribution in [0.2, 0.25) is 0 Å². The zero-order valence-corrected chi connectivity index (χ0v) is 15.5. The largest absolute Gasteiger partial charge is 0.352 e. The van der Waals surface area contributed by atoms with E-state index in [9.17, 15) is 14.4 Å². The Hall–Kier alpha value is -3.22. The normalized spacial score (nSPS) is 10.3.